The fourth-order valence-corrected chi connectivity index (χ4v) is 1.12. The fourth-order valence-electron chi connectivity index (χ4n) is 1.12. The van der Waals surface area contributed by atoms with E-state index in [4.69, 9.17) is 5.11 Å². The van der Waals surface area contributed by atoms with E-state index in [-0.39, 0.29) is 0 Å². The van der Waals surface area contributed by atoms with Crippen LogP contribution in [0.15, 0.2) is 48.6 Å². The minimum Gasteiger partial charge on any atom is -0.478 e. The van der Waals surface area contributed by atoms with Gasteiger partial charge in [-0.15, -0.1) is 0 Å². The van der Waals surface area contributed by atoms with Crippen molar-refractivity contribution < 1.29 is 9.90 Å². The molecule has 0 amide bonds. The summed E-state index contributed by atoms with van der Waals surface area (Å²) in [5.41, 5.74) is 1.05. The molecule has 0 aliphatic rings. The molecule has 3 nitrogen and oxygen atoms in total. The summed E-state index contributed by atoms with van der Waals surface area (Å²) in [7, 11) is 0. The Hall–Kier alpha value is -1.87. The Morgan fingerprint density at radius 1 is 1.17 bits per heavy atom. The molecule has 0 saturated carbocycles. The molecule has 0 atom stereocenters. The number of rotatable bonds is 5. The molecule has 2 N–H and O–H groups in total. The molecule has 1 rings (SSSR count). The molecule has 0 unspecified atom stereocenters. The minimum absolute atomic E-state index is 0.933. The van der Waals surface area contributed by atoms with Crippen molar-refractivity contribution in [3.05, 3.63) is 54.1 Å². The summed E-state index contributed by atoms with van der Waals surface area (Å²) >= 11 is 0. The molecule has 0 fully saturated rings. The molecule has 0 aromatic heterocycles. The maximum Gasteiger partial charge on any atom is 0.328 e. The number of benzene rings is 1. The molecule has 98 valence electrons. The summed E-state index contributed by atoms with van der Waals surface area (Å²) in [5, 5.41) is 11.4. The maximum atomic E-state index is 10.1. The number of nitrogens with one attached hydrogen (secondary N) is 1. The highest BCUT2D eigenvalue weighted by atomic mass is 16.4. The highest BCUT2D eigenvalue weighted by Crippen LogP contribution is 2.00. The highest BCUT2D eigenvalue weighted by Gasteiger charge is 1.82. The summed E-state index contributed by atoms with van der Waals surface area (Å²) in [6, 6.07) is 9.70. The Bertz CT molecular complexity index is 367. The van der Waals surface area contributed by atoms with Crippen LogP contribution in [0.2, 0.25) is 0 Å². The van der Waals surface area contributed by atoms with Crippen LogP contribution in [0.25, 0.3) is 6.08 Å². The maximum absolute atomic E-state index is 10.1. The van der Waals surface area contributed by atoms with Crippen molar-refractivity contribution in [3.8, 4) is 0 Å². The molecule has 0 saturated heterocycles. The molecule has 1 aromatic carbocycles. The van der Waals surface area contributed by atoms with Crippen molar-refractivity contribution in [1.29, 1.82) is 0 Å². The standard InChI is InChI=1S/C11H10O2.C4H11N/c12-11(13)9-5-4-8-10-6-2-1-3-7-10;1-3-5-4-2/h1-9H,(H,12,13);5H,3-4H2,1-2H3. The lowest BCUT2D eigenvalue weighted by Gasteiger charge is -1.87. The molecular formula is C15H21NO2. The van der Waals surface area contributed by atoms with Gasteiger partial charge in [-0.25, -0.2) is 4.79 Å². The van der Waals surface area contributed by atoms with Crippen molar-refractivity contribution >= 4 is 12.0 Å². The second-order valence-electron chi connectivity index (χ2n) is 3.42. The van der Waals surface area contributed by atoms with Crippen molar-refractivity contribution in [2.75, 3.05) is 13.1 Å². The topological polar surface area (TPSA) is 49.3 Å². The zero-order chi connectivity index (χ0) is 13.6. The predicted octanol–water partition coefficient (Wildman–Crippen LogP) is 2.96. The van der Waals surface area contributed by atoms with Crippen molar-refractivity contribution in [1.82, 2.24) is 5.32 Å². The molecule has 0 aliphatic carbocycles. The Labute approximate surface area is 109 Å². The van der Waals surface area contributed by atoms with Crippen LogP contribution in [-0.4, -0.2) is 24.2 Å². The predicted molar refractivity (Wildman–Crippen MR) is 76.5 cm³/mol. The normalized spacial score (nSPS) is 10.3. The highest BCUT2D eigenvalue weighted by molar-refractivity contribution is 5.80. The monoisotopic (exact) mass is 247 g/mol. The number of allylic oxidation sites excluding steroid dienone is 2. The number of carbonyl (C=O) groups is 1. The second kappa shape index (κ2) is 11.6. The summed E-state index contributed by atoms with van der Waals surface area (Å²) in [6.07, 6.45) is 6.14. The molecule has 0 heterocycles. The average Bonchev–Trinajstić information content (AvgIpc) is 2.37. The average molecular weight is 247 g/mol. The number of aliphatic carboxylic acids is 1. The molecular weight excluding hydrogens is 226 g/mol. The number of hydrogen-bond donors (Lipinski definition) is 2. The Kier molecular flexibility index (Phi) is 10.4. The van der Waals surface area contributed by atoms with Gasteiger partial charge in [0.25, 0.3) is 0 Å². The smallest absolute Gasteiger partial charge is 0.328 e. The van der Waals surface area contributed by atoms with E-state index in [1.807, 2.05) is 36.4 Å². The third-order valence-electron chi connectivity index (χ3n) is 1.94. The van der Waals surface area contributed by atoms with E-state index < -0.39 is 5.97 Å². The molecule has 0 radical (unpaired) electrons. The van der Waals surface area contributed by atoms with Gasteiger partial charge in [0.05, 0.1) is 0 Å². The van der Waals surface area contributed by atoms with Crippen molar-refractivity contribution in [2.24, 2.45) is 0 Å². The zero-order valence-electron chi connectivity index (χ0n) is 11.0. The van der Waals surface area contributed by atoms with E-state index in [0.29, 0.717) is 0 Å². The van der Waals surface area contributed by atoms with Crippen LogP contribution in [0.1, 0.15) is 19.4 Å². The van der Waals surface area contributed by atoms with Gasteiger partial charge in [0.1, 0.15) is 0 Å². The second-order valence-corrected chi connectivity index (χ2v) is 3.42. The van der Waals surface area contributed by atoms with Gasteiger partial charge in [0, 0.05) is 6.08 Å². The van der Waals surface area contributed by atoms with Crippen LogP contribution < -0.4 is 5.32 Å². The number of hydrogen-bond acceptors (Lipinski definition) is 2. The number of carboxylic acids is 1. The zero-order valence-corrected chi connectivity index (χ0v) is 11.0. The first kappa shape index (κ1) is 16.1. The van der Waals surface area contributed by atoms with Gasteiger partial charge >= 0.3 is 5.97 Å². The molecule has 1 aromatic rings. The summed E-state index contributed by atoms with van der Waals surface area (Å²) in [5.74, 6) is -0.933. The van der Waals surface area contributed by atoms with E-state index >= 15 is 0 Å². The van der Waals surface area contributed by atoms with Crippen molar-refractivity contribution in [3.63, 3.8) is 0 Å². The van der Waals surface area contributed by atoms with Crippen LogP contribution in [0.3, 0.4) is 0 Å². The third-order valence-corrected chi connectivity index (χ3v) is 1.94. The summed E-state index contributed by atoms with van der Waals surface area (Å²) < 4.78 is 0. The lowest BCUT2D eigenvalue weighted by Crippen LogP contribution is -2.09. The van der Waals surface area contributed by atoms with E-state index in [1.165, 1.54) is 6.08 Å². The summed E-state index contributed by atoms with van der Waals surface area (Å²) in [6.45, 7) is 6.39. The number of carboxylic acid groups (broad SMARTS) is 1. The van der Waals surface area contributed by atoms with Gasteiger partial charge in [-0.05, 0) is 18.7 Å². The SMILES string of the molecule is CCNCC.O=C(O)C=CC=Cc1ccccc1. The van der Waals surface area contributed by atoms with Gasteiger partial charge in [-0.2, -0.15) is 0 Å². The Morgan fingerprint density at radius 3 is 2.22 bits per heavy atom. The minimum atomic E-state index is -0.933. The lowest BCUT2D eigenvalue weighted by molar-refractivity contribution is -0.131. The largest absolute Gasteiger partial charge is 0.478 e. The van der Waals surface area contributed by atoms with Crippen LogP contribution in [-0.2, 0) is 4.79 Å². The van der Waals surface area contributed by atoms with Crippen molar-refractivity contribution in [2.45, 2.75) is 13.8 Å². The quantitative estimate of drug-likeness (QED) is 0.621. The van der Waals surface area contributed by atoms with Gasteiger partial charge in [0.2, 0.25) is 0 Å². The van der Waals surface area contributed by atoms with E-state index in [0.717, 1.165) is 24.7 Å². The van der Waals surface area contributed by atoms with Crippen LogP contribution in [0, 0.1) is 0 Å². The van der Waals surface area contributed by atoms with E-state index in [2.05, 4.69) is 19.2 Å². The van der Waals surface area contributed by atoms with E-state index in [1.54, 1.807) is 6.08 Å². The molecule has 3 heteroatoms. The van der Waals surface area contributed by atoms with Gasteiger partial charge in [0.15, 0.2) is 0 Å². The Balaban J connectivity index is 0.000000494. The van der Waals surface area contributed by atoms with E-state index in [9.17, 15) is 4.79 Å². The van der Waals surface area contributed by atoms with Gasteiger partial charge in [-0.3, -0.25) is 0 Å². The van der Waals surface area contributed by atoms with Gasteiger partial charge < -0.3 is 10.4 Å². The van der Waals surface area contributed by atoms with Crippen LogP contribution in [0.5, 0.6) is 0 Å². The molecule has 0 aliphatic heterocycles. The Morgan fingerprint density at radius 2 is 1.78 bits per heavy atom. The third kappa shape index (κ3) is 10.6. The van der Waals surface area contributed by atoms with Crippen LogP contribution in [0.4, 0.5) is 0 Å². The van der Waals surface area contributed by atoms with Gasteiger partial charge in [-0.1, -0.05) is 62.4 Å². The molecule has 18 heavy (non-hydrogen) atoms. The fraction of sp³-hybridized carbons (Fsp3) is 0.267. The molecule has 0 bridgehead atoms. The van der Waals surface area contributed by atoms with Crippen LogP contribution >= 0.6 is 0 Å². The first-order chi connectivity index (χ1) is 8.70. The first-order valence-electron chi connectivity index (χ1n) is 6.04. The molecule has 0 spiro atoms. The summed E-state index contributed by atoms with van der Waals surface area (Å²) in [4.78, 5) is 10.1. The first-order valence-corrected chi connectivity index (χ1v) is 6.04. The lowest BCUT2D eigenvalue weighted by atomic mass is 10.2.